The maximum atomic E-state index is 12.6. The van der Waals surface area contributed by atoms with Gasteiger partial charge in [-0.2, -0.15) is 0 Å². The lowest BCUT2D eigenvalue weighted by Gasteiger charge is -2.23. The van der Waals surface area contributed by atoms with Gasteiger partial charge < -0.3 is 14.4 Å². The third kappa shape index (κ3) is 2.57. The molecule has 1 N–H and O–H groups in total. The number of amides is 1. The summed E-state index contributed by atoms with van der Waals surface area (Å²) in [7, 11) is 0. The van der Waals surface area contributed by atoms with Crippen LogP contribution >= 0.6 is 0 Å². The molecule has 0 aromatic carbocycles. The molecule has 3 rings (SSSR count). The zero-order chi connectivity index (χ0) is 15.0. The van der Waals surface area contributed by atoms with E-state index in [9.17, 15) is 4.79 Å². The van der Waals surface area contributed by atoms with Crippen molar-refractivity contribution >= 4 is 5.91 Å². The van der Waals surface area contributed by atoms with Gasteiger partial charge in [0.25, 0.3) is 0 Å². The van der Waals surface area contributed by atoms with Crippen LogP contribution in [0.1, 0.15) is 47.4 Å². The summed E-state index contributed by atoms with van der Waals surface area (Å²) >= 11 is 0. The molecule has 6 heteroatoms. The van der Waals surface area contributed by atoms with Crippen molar-refractivity contribution in [3.8, 4) is 0 Å². The summed E-state index contributed by atoms with van der Waals surface area (Å²) < 4.78 is 5.13. The first-order valence-electron chi connectivity index (χ1n) is 7.29. The molecule has 0 radical (unpaired) electrons. The van der Waals surface area contributed by atoms with E-state index in [-0.39, 0.29) is 11.9 Å². The van der Waals surface area contributed by atoms with Crippen molar-refractivity contribution in [3.05, 3.63) is 34.7 Å². The predicted octanol–water partition coefficient (Wildman–Crippen LogP) is 2.23. The number of H-pyrrole nitrogens is 1. The SMILES string of the molecule is Cc1cnc([C@H]2CCCN2C(=O)Cc2c(C)noc2C)[nH]1. The van der Waals surface area contributed by atoms with E-state index in [1.54, 1.807) is 0 Å². The monoisotopic (exact) mass is 288 g/mol. The minimum atomic E-state index is 0.0617. The van der Waals surface area contributed by atoms with Gasteiger partial charge in [0.2, 0.25) is 5.91 Å². The highest BCUT2D eigenvalue weighted by atomic mass is 16.5. The average molecular weight is 288 g/mol. The van der Waals surface area contributed by atoms with Crippen LogP contribution in [0.2, 0.25) is 0 Å². The molecule has 0 aliphatic carbocycles. The van der Waals surface area contributed by atoms with Crippen LogP contribution in [0.4, 0.5) is 0 Å². The number of carbonyl (C=O) groups is 1. The predicted molar refractivity (Wildman–Crippen MR) is 76.7 cm³/mol. The summed E-state index contributed by atoms with van der Waals surface area (Å²) in [5.74, 6) is 1.73. The molecule has 6 nitrogen and oxygen atoms in total. The van der Waals surface area contributed by atoms with Gasteiger partial charge in [-0.1, -0.05) is 5.16 Å². The van der Waals surface area contributed by atoms with Gasteiger partial charge in [-0.05, 0) is 33.6 Å². The van der Waals surface area contributed by atoms with Gasteiger partial charge in [-0.25, -0.2) is 4.98 Å². The van der Waals surface area contributed by atoms with E-state index in [1.807, 2.05) is 31.9 Å². The smallest absolute Gasteiger partial charge is 0.227 e. The molecule has 112 valence electrons. The van der Waals surface area contributed by atoms with Gasteiger partial charge in [0, 0.05) is 24.0 Å². The fourth-order valence-corrected chi connectivity index (χ4v) is 2.96. The standard InChI is InChI=1S/C15H20N4O2/c1-9-8-16-15(17-9)13-5-4-6-19(13)14(20)7-12-10(2)18-21-11(12)3/h8,13H,4-7H2,1-3H3,(H,16,17)/t13-/m1/s1. The lowest BCUT2D eigenvalue weighted by atomic mass is 10.1. The number of imidazole rings is 1. The van der Waals surface area contributed by atoms with Crippen LogP contribution in [0, 0.1) is 20.8 Å². The Bertz CT molecular complexity index is 639. The van der Waals surface area contributed by atoms with Gasteiger partial charge >= 0.3 is 0 Å². The Balaban J connectivity index is 1.77. The number of aromatic nitrogens is 3. The van der Waals surface area contributed by atoms with Crippen LogP contribution in [0.25, 0.3) is 0 Å². The average Bonchev–Trinajstić information content (AvgIpc) is 3.14. The van der Waals surface area contributed by atoms with E-state index in [4.69, 9.17) is 4.52 Å². The van der Waals surface area contributed by atoms with Crippen molar-refractivity contribution in [1.82, 2.24) is 20.0 Å². The molecule has 1 fully saturated rings. The summed E-state index contributed by atoms with van der Waals surface area (Å²) in [6, 6.07) is 0.0617. The van der Waals surface area contributed by atoms with Crippen LogP contribution in [-0.2, 0) is 11.2 Å². The molecule has 0 spiro atoms. The summed E-state index contributed by atoms with van der Waals surface area (Å²) in [6.45, 7) is 6.48. The molecule has 1 aliphatic rings. The molecule has 3 heterocycles. The second-order valence-corrected chi connectivity index (χ2v) is 5.68. The van der Waals surface area contributed by atoms with E-state index in [2.05, 4.69) is 15.1 Å². The largest absolute Gasteiger partial charge is 0.361 e. The summed E-state index contributed by atoms with van der Waals surface area (Å²) in [6.07, 6.45) is 4.13. The number of hydrogen-bond acceptors (Lipinski definition) is 4. The Morgan fingerprint density at radius 2 is 2.29 bits per heavy atom. The van der Waals surface area contributed by atoms with Crippen molar-refractivity contribution in [2.24, 2.45) is 0 Å². The fourth-order valence-electron chi connectivity index (χ4n) is 2.96. The Kier molecular flexibility index (Phi) is 3.53. The zero-order valence-electron chi connectivity index (χ0n) is 12.6. The second-order valence-electron chi connectivity index (χ2n) is 5.68. The molecule has 1 saturated heterocycles. The molecule has 0 bridgehead atoms. The Morgan fingerprint density at radius 1 is 1.48 bits per heavy atom. The molecule has 1 amide bonds. The van der Waals surface area contributed by atoms with Crippen molar-refractivity contribution in [1.29, 1.82) is 0 Å². The number of rotatable bonds is 3. The highest BCUT2D eigenvalue weighted by Crippen LogP contribution is 2.31. The Labute approximate surface area is 123 Å². The maximum Gasteiger partial charge on any atom is 0.227 e. The molecular formula is C15H20N4O2. The zero-order valence-corrected chi connectivity index (χ0v) is 12.6. The normalized spacial score (nSPS) is 18.4. The minimum Gasteiger partial charge on any atom is -0.361 e. The van der Waals surface area contributed by atoms with E-state index >= 15 is 0 Å². The first-order valence-corrected chi connectivity index (χ1v) is 7.29. The minimum absolute atomic E-state index is 0.0617. The quantitative estimate of drug-likeness (QED) is 0.939. The third-order valence-corrected chi connectivity index (χ3v) is 4.12. The van der Waals surface area contributed by atoms with Gasteiger partial charge in [0.15, 0.2) is 0 Å². The lowest BCUT2D eigenvalue weighted by Crippen LogP contribution is -2.32. The number of nitrogens with one attached hydrogen (secondary N) is 1. The fraction of sp³-hybridized carbons (Fsp3) is 0.533. The van der Waals surface area contributed by atoms with E-state index < -0.39 is 0 Å². The van der Waals surface area contributed by atoms with Crippen LogP contribution < -0.4 is 0 Å². The van der Waals surface area contributed by atoms with Gasteiger partial charge in [-0.3, -0.25) is 4.79 Å². The molecule has 0 saturated carbocycles. The number of aryl methyl sites for hydroxylation is 3. The van der Waals surface area contributed by atoms with Crippen molar-refractivity contribution in [2.45, 2.75) is 46.1 Å². The first kappa shape index (κ1) is 13.9. The van der Waals surface area contributed by atoms with Gasteiger partial charge in [0.05, 0.1) is 18.2 Å². The van der Waals surface area contributed by atoms with Crippen molar-refractivity contribution in [3.63, 3.8) is 0 Å². The number of carbonyl (C=O) groups excluding carboxylic acids is 1. The highest BCUT2D eigenvalue weighted by molar-refractivity contribution is 5.79. The lowest BCUT2D eigenvalue weighted by molar-refractivity contribution is -0.131. The highest BCUT2D eigenvalue weighted by Gasteiger charge is 2.32. The molecule has 2 aromatic heterocycles. The van der Waals surface area contributed by atoms with E-state index in [0.29, 0.717) is 6.42 Å². The molecule has 21 heavy (non-hydrogen) atoms. The maximum absolute atomic E-state index is 12.6. The summed E-state index contributed by atoms with van der Waals surface area (Å²) in [5, 5.41) is 3.91. The number of aromatic amines is 1. The molecule has 1 atom stereocenters. The molecular weight excluding hydrogens is 268 g/mol. The number of likely N-dealkylation sites (tertiary alicyclic amines) is 1. The number of hydrogen-bond donors (Lipinski definition) is 1. The second kappa shape index (κ2) is 5.35. The first-order chi connectivity index (χ1) is 10.1. The van der Waals surface area contributed by atoms with Crippen molar-refractivity contribution in [2.75, 3.05) is 6.54 Å². The van der Waals surface area contributed by atoms with Crippen LogP contribution in [0.5, 0.6) is 0 Å². The van der Waals surface area contributed by atoms with Crippen LogP contribution in [0.15, 0.2) is 10.7 Å². The molecule has 0 unspecified atom stereocenters. The van der Waals surface area contributed by atoms with Gasteiger partial charge in [-0.15, -0.1) is 0 Å². The molecule has 1 aliphatic heterocycles. The Morgan fingerprint density at radius 3 is 2.90 bits per heavy atom. The Hall–Kier alpha value is -2.11. The van der Waals surface area contributed by atoms with E-state index in [1.165, 1.54) is 0 Å². The van der Waals surface area contributed by atoms with Crippen LogP contribution in [0.3, 0.4) is 0 Å². The van der Waals surface area contributed by atoms with E-state index in [0.717, 1.165) is 47.9 Å². The molecule has 2 aromatic rings. The third-order valence-electron chi connectivity index (χ3n) is 4.12. The summed E-state index contributed by atoms with van der Waals surface area (Å²) in [4.78, 5) is 22.2. The van der Waals surface area contributed by atoms with Crippen molar-refractivity contribution < 1.29 is 9.32 Å². The topological polar surface area (TPSA) is 75.0 Å². The van der Waals surface area contributed by atoms with Crippen LogP contribution in [-0.4, -0.2) is 32.5 Å². The van der Waals surface area contributed by atoms with Gasteiger partial charge in [0.1, 0.15) is 11.6 Å². The number of nitrogens with zero attached hydrogens (tertiary/aromatic N) is 3. The summed E-state index contributed by atoms with van der Waals surface area (Å²) in [5.41, 5.74) is 2.72.